The maximum Gasteiger partial charge on any atom is 0.417 e. The summed E-state index contributed by atoms with van der Waals surface area (Å²) in [6, 6.07) is 16.4. The molecular formula is C28H20Cl2F3N3O3. The van der Waals surface area contributed by atoms with Crippen molar-refractivity contribution < 1.29 is 27.4 Å². The first-order chi connectivity index (χ1) is 18.6. The summed E-state index contributed by atoms with van der Waals surface area (Å²) in [6.45, 7) is 2.76. The molecule has 1 atom stereocenters. The monoisotopic (exact) mass is 573 g/mol. The Hall–Kier alpha value is -3.82. The molecule has 0 saturated carbocycles. The number of nitrogens with one attached hydrogen (secondary N) is 1. The normalized spacial score (nSPS) is 14.8. The van der Waals surface area contributed by atoms with Crippen molar-refractivity contribution in [3.8, 4) is 28.5 Å². The number of hydrogen-bond donors (Lipinski definition) is 1. The quantitative estimate of drug-likeness (QED) is 0.259. The molecule has 200 valence electrons. The van der Waals surface area contributed by atoms with Crippen LogP contribution in [0.4, 0.5) is 19.0 Å². The van der Waals surface area contributed by atoms with Gasteiger partial charge in [0.15, 0.2) is 5.82 Å². The van der Waals surface area contributed by atoms with E-state index in [-0.39, 0.29) is 5.82 Å². The first kappa shape index (κ1) is 26.8. The second kappa shape index (κ2) is 10.7. The summed E-state index contributed by atoms with van der Waals surface area (Å²) in [7, 11) is 0. The van der Waals surface area contributed by atoms with E-state index in [1.54, 1.807) is 30.3 Å². The molecule has 11 heteroatoms. The second-order valence-corrected chi connectivity index (χ2v) is 9.75. The minimum atomic E-state index is -4.55. The maximum atomic E-state index is 12.9. The fourth-order valence-electron chi connectivity index (χ4n) is 4.09. The number of anilines is 1. The molecule has 0 aliphatic carbocycles. The number of hydrogen-bond acceptors (Lipinski definition) is 5. The minimum Gasteiger partial charge on any atom is -0.493 e. The number of carbonyl (C=O) groups is 1. The van der Waals surface area contributed by atoms with Crippen LogP contribution in [0.2, 0.25) is 10.0 Å². The lowest BCUT2D eigenvalue weighted by atomic mass is 9.95. The van der Waals surface area contributed by atoms with Gasteiger partial charge in [-0.1, -0.05) is 36.2 Å². The van der Waals surface area contributed by atoms with E-state index >= 15 is 0 Å². The molecule has 0 saturated heterocycles. The zero-order chi connectivity index (χ0) is 27.7. The maximum absolute atomic E-state index is 12.9. The Labute approximate surface area is 231 Å². The number of nitrogens with zero attached hydrogens (tertiary/aromatic N) is 2. The lowest BCUT2D eigenvalue weighted by Crippen LogP contribution is -2.13. The zero-order valence-electron chi connectivity index (χ0n) is 20.4. The van der Waals surface area contributed by atoms with Crippen LogP contribution in [0.25, 0.3) is 11.3 Å². The smallest absolute Gasteiger partial charge is 0.417 e. The molecule has 3 aromatic carbocycles. The molecule has 1 aromatic heterocycles. The number of ether oxygens (including phenoxy) is 2. The van der Waals surface area contributed by atoms with Gasteiger partial charge in [-0.15, -0.1) is 10.2 Å². The summed E-state index contributed by atoms with van der Waals surface area (Å²) in [5, 5.41) is 10.6. The van der Waals surface area contributed by atoms with Crippen molar-refractivity contribution in [2.45, 2.75) is 25.4 Å². The molecule has 0 bridgehead atoms. The average molecular weight is 574 g/mol. The van der Waals surface area contributed by atoms with Gasteiger partial charge in [-0.05, 0) is 72.5 Å². The highest BCUT2D eigenvalue weighted by molar-refractivity contribution is 6.32. The van der Waals surface area contributed by atoms with Crippen LogP contribution in [-0.2, 0) is 6.18 Å². The van der Waals surface area contributed by atoms with Crippen molar-refractivity contribution in [3.05, 3.63) is 93.5 Å². The van der Waals surface area contributed by atoms with Crippen molar-refractivity contribution >= 4 is 34.9 Å². The second-order valence-electron chi connectivity index (χ2n) is 8.94. The van der Waals surface area contributed by atoms with Crippen molar-refractivity contribution in [1.29, 1.82) is 0 Å². The van der Waals surface area contributed by atoms with E-state index in [1.165, 1.54) is 24.3 Å². The molecule has 1 N–H and O–H groups in total. The molecule has 0 fully saturated rings. The van der Waals surface area contributed by atoms with Crippen LogP contribution in [0.1, 0.15) is 40.7 Å². The van der Waals surface area contributed by atoms with Crippen molar-refractivity contribution in [1.82, 2.24) is 10.2 Å². The molecule has 5 rings (SSSR count). The summed E-state index contributed by atoms with van der Waals surface area (Å²) in [5.41, 5.74) is 1.11. The van der Waals surface area contributed by atoms with E-state index in [0.717, 1.165) is 23.8 Å². The highest BCUT2D eigenvalue weighted by Crippen LogP contribution is 2.41. The van der Waals surface area contributed by atoms with E-state index in [4.69, 9.17) is 32.7 Å². The summed E-state index contributed by atoms with van der Waals surface area (Å²) in [5.74, 6) is 1.76. The van der Waals surface area contributed by atoms with Crippen molar-refractivity contribution in [3.63, 3.8) is 0 Å². The molecule has 0 radical (unpaired) electrons. The largest absolute Gasteiger partial charge is 0.493 e. The predicted octanol–water partition coefficient (Wildman–Crippen LogP) is 8.40. The van der Waals surface area contributed by atoms with Gasteiger partial charge in [-0.25, -0.2) is 0 Å². The van der Waals surface area contributed by atoms with Crippen LogP contribution < -0.4 is 14.8 Å². The van der Waals surface area contributed by atoms with Gasteiger partial charge in [-0.2, -0.15) is 13.2 Å². The number of amides is 1. The average Bonchev–Trinajstić information content (AvgIpc) is 2.90. The van der Waals surface area contributed by atoms with Gasteiger partial charge >= 0.3 is 6.18 Å². The predicted molar refractivity (Wildman–Crippen MR) is 142 cm³/mol. The Morgan fingerprint density at radius 2 is 1.77 bits per heavy atom. The molecule has 1 unspecified atom stereocenters. The third-order valence-electron chi connectivity index (χ3n) is 6.22. The van der Waals surface area contributed by atoms with Crippen LogP contribution in [-0.4, -0.2) is 22.7 Å². The summed E-state index contributed by atoms with van der Waals surface area (Å²) in [4.78, 5) is 12.7. The number of fused-ring (bicyclic) bond motifs is 1. The van der Waals surface area contributed by atoms with Crippen molar-refractivity contribution in [2.24, 2.45) is 0 Å². The van der Waals surface area contributed by atoms with Crippen LogP contribution in [0, 0.1) is 0 Å². The molecule has 39 heavy (non-hydrogen) atoms. The summed E-state index contributed by atoms with van der Waals surface area (Å²) in [6.07, 6.45) is -3.63. The van der Waals surface area contributed by atoms with Gasteiger partial charge in [-0.3, -0.25) is 4.79 Å². The molecular weight excluding hydrogens is 554 g/mol. The first-order valence-corrected chi connectivity index (χ1v) is 12.6. The van der Waals surface area contributed by atoms with Gasteiger partial charge in [0, 0.05) is 17.2 Å². The molecule has 6 nitrogen and oxygen atoms in total. The van der Waals surface area contributed by atoms with E-state index in [1.807, 2.05) is 6.07 Å². The number of alkyl halides is 3. The number of benzene rings is 3. The Morgan fingerprint density at radius 1 is 1.00 bits per heavy atom. The minimum absolute atomic E-state index is 0.164. The Kier molecular flexibility index (Phi) is 7.38. The molecule has 1 aliphatic heterocycles. The summed E-state index contributed by atoms with van der Waals surface area (Å²) < 4.78 is 50.4. The van der Waals surface area contributed by atoms with Gasteiger partial charge in [0.2, 0.25) is 0 Å². The molecule has 2 heterocycles. The molecule has 4 aromatic rings. The van der Waals surface area contributed by atoms with Gasteiger partial charge in [0.05, 0.1) is 27.9 Å². The SMILES string of the molecule is CC1CCOc2cc(Oc3ccc(C(=O)Nc4ccc(-c5ccc(C(F)(F)F)c(Cl)c5)nn4)cc3)c(Cl)cc21. The van der Waals surface area contributed by atoms with E-state index in [0.29, 0.717) is 45.9 Å². The Morgan fingerprint density at radius 3 is 2.44 bits per heavy atom. The number of halogens is 5. The standard InChI is InChI=1S/C28H20Cl2F3N3O3/c1-15-10-11-38-24-14-25(22(30)13-19(15)24)39-18-5-2-16(3-6-18)27(37)34-26-9-8-23(35-36-26)17-4-7-20(21(29)12-17)28(31,32)33/h2-9,12-15H,10-11H2,1H3,(H,34,36,37). The summed E-state index contributed by atoms with van der Waals surface area (Å²) >= 11 is 12.2. The molecule has 1 aliphatic rings. The van der Waals surface area contributed by atoms with Gasteiger partial charge in [0.1, 0.15) is 17.2 Å². The topological polar surface area (TPSA) is 73.3 Å². The number of carbonyl (C=O) groups excluding carboxylic acids is 1. The number of rotatable bonds is 5. The lowest BCUT2D eigenvalue weighted by Gasteiger charge is -2.24. The highest BCUT2D eigenvalue weighted by Gasteiger charge is 2.33. The third-order valence-corrected chi connectivity index (χ3v) is 6.83. The Balaban J connectivity index is 1.24. The fraction of sp³-hybridized carbons (Fsp3) is 0.179. The van der Waals surface area contributed by atoms with Gasteiger partial charge in [0.25, 0.3) is 5.91 Å². The Bertz CT molecular complexity index is 1530. The van der Waals surface area contributed by atoms with Crippen LogP contribution in [0.5, 0.6) is 17.2 Å². The van der Waals surface area contributed by atoms with E-state index in [9.17, 15) is 18.0 Å². The van der Waals surface area contributed by atoms with Crippen LogP contribution in [0.3, 0.4) is 0 Å². The number of aromatic nitrogens is 2. The molecule has 0 spiro atoms. The van der Waals surface area contributed by atoms with E-state index < -0.39 is 22.7 Å². The van der Waals surface area contributed by atoms with Crippen LogP contribution in [0.15, 0.2) is 66.7 Å². The van der Waals surface area contributed by atoms with Gasteiger partial charge < -0.3 is 14.8 Å². The van der Waals surface area contributed by atoms with Crippen molar-refractivity contribution in [2.75, 3.05) is 11.9 Å². The third kappa shape index (κ3) is 5.94. The first-order valence-electron chi connectivity index (χ1n) is 11.8. The lowest BCUT2D eigenvalue weighted by molar-refractivity contribution is -0.137. The zero-order valence-corrected chi connectivity index (χ0v) is 21.9. The fourth-order valence-corrected chi connectivity index (χ4v) is 4.59. The highest BCUT2D eigenvalue weighted by atomic mass is 35.5. The van der Waals surface area contributed by atoms with Crippen LogP contribution >= 0.6 is 23.2 Å². The van der Waals surface area contributed by atoms with E-state index in [2.05, 4.69) is 22.4 Å². The molecule has 1 amide bonds.